The van der Waals surface area contributed by atoms with E-state index >= 15 is 0 Å². The smallest absolute Gasteiger partial charge is 0.255 e. The SMILES string of the molecule is Cc1ccccc1NC(=O)c1ccc(-n2nc(SCc3ccccc3)sc2=S)cc1. The van der Waals surface area contributed by atoms with E-state index in [0.29, 0.717) is 9.52 Å². The van der Waals surface area contributed by atoms with Crippen LogP contribution < -0.4 is 5.32 Å². The van der Waals surface area contributed by atoms with Gasteiger partial charge in [-0.3, -0.25) is 4.79 Å². The number of hydrogen-bond donors (Lipinski definition) is 1. The van der Waals surface area contributed by atoms with Gasteiger partial charge in [0.2, 0.25) is 0 Å². The van der Waals surface area contributed by atoms with Crippen LogP contribution >= 0.6 is 35.3 Å². The summed E-state index contributed by atoms with van der Waals surface area (Å²) < 4.78 is 3.35. The lowest BCUT2D eigenvalue weighted by Crippen LogP contribution is -2.12. The average Bonchev–Trinajstić information content (AvgIpc) is 3.15. The average molecular weight is 450 g/mol. The molecular formula is C23H19N3OS3. The molecular weight excluding hydrogens is 430 g/mol. The normalized spacial score (nSPS) is 10.7. The van der Waals surface area contributed by atoms with Gasteiger partial charge in [0.05, 0.1) is 5.69 Å². The van der Waals surface area contributed by atoms with Crippen molar-refractivity contribution in [1.82, 2.24) is 9.78 Å². The van der Waals surface area contributed by atoms with Crippen LogP contribution in [0.15, 0.2) is 83.2 Å². The van der Waals surface area contributed by atoms with Crippen molar-refractivity contribution in [3.05, 3.63) is 99.5 Å². The molecule has 0 saturated carbocycles. The number of hydrogen-bond acceptors (Lipinski definition) is 5. The Balaban J connectivity index is 1.46. The Labute approximate surface area is 188 Å². The van der Waals surface area contributed by atoms with Gasteiger partial charge in [-0.05, 0) is 60.6 Å². The van der Waals surface area contributed by atoms with Crippen LogP contribution in [-0.2, 0) is 5.75 Å². The monoisotopic (exact) mass is 449 g/mol. The van der Waals surface area contributed by atoms with Crippen molar-refractivity contribution < 1.29 is 4.79 Å². The van der Waals surface area contributed by atoms with Crippen molar-refractivity contribution in [2.45, 2.75) is 17.0 Å². The summed E-state index contributed by atoms with van der Waals surface area (Å²) in [6, 6.07) is 25.3. The van der Waals surface area contributed by atoms with Crippen molar-refractivity contribution in [2.75, 3.05) is 5.32 Å². The summed E-state index contributed by atoms with van der Waals surface area (Å²) in [5.41, 5.74) is 4.52. The van der Waals surface area contributed by atoms with E-state index in [-0.39, 0.29) is 5.91 Å². The highest BCUT2D eigenvalue weighted by Gasteiger charge is 2.10. The number of rotatable bonds is 6. The van der Waals surface area contributed by atoms with E-state index in [4.69, 9.17) is 12.2 Å². The number of benzene rings is 3. The second kappa shape index (κ2) is 9.38. The molecule has 0 fully saturated rings. The molecule has 4 aromatic rings. The number of carbonyl (C=O) groups excluding carboxylic acids is 1. The molecule has 1 N–H and O–H groups in total. The van der Waals surface area contributed by atoms with Crippen LogP contribution in [0.5, 0.6) is 0 Å². The molecule has 1 heterocycles. The molecule has 0 atom stereocenters. The lowest BCUT2D eigenvalue weighted by molar-refractivity contribution is 0.102. The van der Waals surface area contributed by atoms with E-state index in [1.165, 1.54) is 16.9 Å². The highest BCUT2D eigenvalue weighted by atomic mass is 32.2. The molecule has 7 heteroatoms. The van der Waals surface area contributed by atoms with Crippen molar-refractivity contribution in [1.29, 1.82) is 0 Å². The topological polar surface area (TPSA) is 46.9 Å². The predicted molar refractivity (Wildman–Crippen MR) is 127 cm³/mol. The summed E-state index contributed by atoms with van der Waals surface area (Å²) in [7, 11) is 0. The Morgan fingerprint density at radius 2 is 1.73 bits per heavy atom. The van der Waals surface area contributed by atoms with Gasteiger partial charge in [-0.15, -0.1) is 5.10 Å². The van der Waals surface area contributed by atoms with Gasteiger partial charge < -0.3 is 5.32 Å². The Morgan fingerprint density at radius 1 is 1.03 bits per heavy atom. The molecule has 4 nitrogen and oxygen atoms in total. The quantitative estimate of drug-likeness (QED) is 0.269. The molecule has 0 spiro atoms. The van der Waals surface area contributed by atoms with Crippen LogP contribution in [0.4, 0.5) is 5.69 Å². The first-order chi connectivity index (χ1) is 14.6. The van der Waals surface area contributed by atoms with Crippen molar-refractivity contribution >= 4 is 46.9 Å². The predicted octanol–water partition coefficient (Wildman–Crippen LogP) is 6.52. The molecule has 0 saturated heterocycles. The van der Waals surface area contributed by atoms with Crippen LogP contribution in [0.25, 0.3) is 5.69 Å². The lowest BCUT2D eigenvalue weighted by Gasteiger charge is -2.08. The summed E-state index contributed by atoms with van der Waals surface area (Å²) in [6.45, 7) is 1.97. The first-order valence-electron chi connectivity index (χ1n) is 9.34. The van der Waals surface area contributed by atoms with Gasteiger partial charge in [0.15, 0.2) is 8.29 Å². The molecule has 0 aliphatic rings. The van der Waals surface area contributed by atoms with Crippen molar-refractivity contribution in [3.63, 3.8) is 0 Å². The zero-order valence-corrected chi connectivity index (χ0v) is 18.7. The number of anilines is 1. The molecule has 0 bridgehead atoms. The minimum absolute atomic E-state index is 0.142. The number of thioether (sulfide) groups is 1. The van der Waals surface area contributed by atoms with E-state index in [0.717, 1.165) is 27.0 Å². The number of aryl methyl sites for hydroxylation is 1. The fourth-order valence-corrected chi connectivity index (χ4v) is 5.18. The third kappa shape index (κ3) is 4.87. The van der Waals surface area contributed by atoms with Crippen molar-refractivity contribution in [3.8, 4) is 5.69 Å². The van der Waals surface area contributed by atoms with Gasteiger partial charge in [0.25, 0.3) is 5.91 Å². The van der Waals surface area contributed by atoms with E-state index in [2.05, 4.69) is 22.5 Å². The fourth-order valence-electron chi connectivity index (χ4n) is 2.86. The fraction of sp³-hybridized carbons (Fsp3) is 0.0870. The second-order valence-corrected chi connectivity index (χ2v) is 9.48. The Kier molecular flexibility index (Phi) is 6.42. The Hall–Kier alpha value is -2.74. The number of carbonyl (C=O) groups is 1. The number of aromatic nitrogens is 2. The number of para-hydroxylation sites is 1. The molecule has 1 amide bonds. The third-order valence-corrected chi connectivity index (χ3v) is 6.94. The Morgan fingerprint density at radius 3 is 2.47 bits per heavy atom. The van der Waals surface area contributed by atoms with Crippen LogP contribution in [0.3, 0.4) is 0 Å². The summed E-state index contributed by atoms with van der Waals surface area (Å²) in [6.07, 6.45) is 0. The molecule has 4 rings (SSSR count). The molecule has 0 aliphatic heterocycles. The highest BCUT2D eigenvalue weighted by Crippen LogP contribution is 2.27. The standard InChI is InChI=1S/C23H19N3OS3/c1-16-7-5-6-10-20(16)24-21(27)18-11-13-19(14-12-18)26-23(28)30-22(25-26)29-15-17-8-3-2-4-9-17/h2-14H,15H2,1H3,(H,24,27). The third-order valence-electron chi connectivity index (χ3n) is 4.50. The van der Waals surface area contributed by atoms with Crippen LogP contribution in [0.2, 0.25) is 0 Å². The first-order valence-corrected chi connectivity index (χ1v) is 11.6. The highest BCUT2D eigenvalue weighted by molar-refractivity contribution is 8.00. The van der Waals surface area contributed by atoms with Crippen LogP contribution in [0.1, 0.15) is 21.5 Å². The molecule has 150 valence electrons. The summed E-state index contributed by atoms with van der Waals surface area (Å²) in [5, 5.41) is 7.59. The largest absolute Gasteiger partial charge is 0.322 e. The lowest BCUT2D eigenvalue weighted by atomic mass is 10.1. The van der Waals surface area contributed by atoms with Crippen molar-refractivity contribution in [2.24, 2.45) is 0 Å². The van der Waals surface area contributed by atoms with E-state index in [1.807, 2.05) is 61.5 Å². The first kappa shape index (κ1) is 20.5. The van der Waals surface area contributed by atoms with E-state index < -0.39 is 0 Å². The van der Waals surface area contributed by atoms with Crippen LogP contribution in [0, 0.1) is 10.9 Å². The number of amides is 1. The van der Waals surface area contributed by atoms with Gasteiger partial charge in [-0.2, -0.15) is 0 Å². The summed E-state index contributed by atoms with van der Waals surface area (Å²) >= 11 is 8.66. The van der Waals surface area contributed by atoms with Crippen LogP contribution in [-0.4, -0.2) is 15.7 Å². The van der Waals surface area contributed by atoms with E-state index in [1.54, 1.807) is 28.6 Å². The summed E-state index contributed by atoms with van der Waals surface area (Å²) in [5.74, 6) is 0.707. The molecule has 0 aliphatic carbocycles. The maximum atomic E-state index is 12.5. The van der Waals surface area contributed by atoms with Gasteiger partial charge in [-0.1, -0.05) is 71.6 Å². The molecule has 0 radical (unpaired) electrons. The number of nitrogens with zero attached hydrogens (tertiary/aromatic N) is 2. The van der Waals surface area contributed by atoms with Gasteiger partial charge in [0, 0.05) is 17.0 Å². The maximum Gasteiger partial charge on any atom is 0.255 e. The van der Waals surface area contributed by atoms with Gasteiger partial charge in [0.1, 0.15) is 0 Å². The Bertz CT molecular complexity index is 1210. The zero-order valence-electron chi connectivity index (χ0n) is 16.2. The van der Waals surface area contributed by atoms with E-state index in [9.17, 15) is 4.79 Å². The van der Waals surface area contributed by atoms with Gasteiger partial charge in [-0.25, -0.2) is 4.68 Å². The minimum Gasteiger partial charge on any atom is -0.322 e. The second-order valence-electron chi connectivity index (χ2n) is 6.64. The zero-order chi connectivity index (χ0) is 20.9. The summed E-state index contributed by atoms with van der Waals surface area (Å²) in [4.78, 5) is 12.5. The molecule has 3 aromatic carbocycles. The minimum atomic E-state index is -0.142. The molecule has 0 unspecified atom stereocenters. The molecule has 1 aromatic heterocycles. The molecule has 30 heavy (non-hydrogen) atoms. The van der Waals surface area contributed by atoms with Gasteiger partial charge >= 0.3 is 0 Å². The maximum absolute atomic E-state index is 12.5. The number of nitrogens with one attached hydrogen (secondary N) is 1.